The van der Waals surface area contributed by atoms with Crippen molar-refractivity contribution in [2.75, 3.05) is 26.2 Å². The number of fused-ring (bicyclic) bond motifs is 1. The molecule has 0 N–H and O–H groups in total. The highest BCUT2D eigenvalue weighted by Gasteiger charge is 2.67. The Morgan fingerprint density at radius 3 is 2.67 bits per heavy atom. The zero-order valence-corrected chi connectivity index (χ0v) is 18.4. The lowest BCUT2D eigenvalue weighted by Gasteiger charge is -2.42. The van der Waals surface area contributed by atoms with E-state index in [1.807, 2.05) is 33.6 Å². The van der Waals surface area contributed by atoms with Crippen molar-refractivity contribution in [3.8, 4) is 0 Å². The molecule has 2 bridgehead atoms. The fourth-order valence-corrected chi connectivity index (χ4v) is 5.89. The molecule has 2 amide bonds. The third-order valence-electron chi connectivity index (χ3n) is 7.66. The van der Waals surface area contributed by atoms with Crippen LogP contribution in [0.4, 0.5) is 0 Å². The average Bonchev–Trinajstić information content (AvgIpc) is 3.39. The maximum atomic E-state index is 13.4. The molecule has 5 rings (SSSR count). The van der Waals surface area contributed by atoms with Crippen LogP contribution in [0, 0.1) is 31.6 Å². The number of carbonyl (C=O) groups is 2. The van der Waals surface area contributed by atoms with E-state index < -0.39 is 11.5 Å². The van der Waals surface area contributed by atoms with Crippen LogP contribution in [0.5, 0.6) is 0 Å². The van der Waals surface area contributed by atoms with Crippen LogP contribution in [-0.4, -0.2) is 69.3 Å². The highest BCUT2D eigenvalue weighted by molar-refractivity contribution is 5.93. The number of hydrogen-bond acceptors (Lipinski definition) is 4. The monoisotopic (exact) mass is 412 g/mol. The Morgan fingerprint density at radius 1 is 1.30 bits per heavy atom. The standard InChI is InChI=1S/C23H32N4O3/c1-5-16(6-2)10-26-13-23-8-7-18(30-23)19(20(23)22(26)29)21(28)25-11-17(12-25)27-15(4)9-14(3)24-27/h7-9,16-20H,5-6,10-13H2,1-4H3/t18-,19?,20?,23-/m1/s1. The minimum Gasteiger partial charge on any atom is -0.360 e. The van der Waals surface area contributed by atoms with Crippen molar-refractivity contribution in [2.24, 2.45) is 17.8 Å². The van der Waals surface area contributed by atoms with Crippen molar-refractivity contribution in [1.29, 1.82) is 0 Å². The van der Waals surface area contributed by atoms with Gasteiger partial charge in [-0.1, -0.05) is 38.8 Å². The second-order valence-corrected chi connectivity index (χ2v) is 9.57. The zero-order chi connectivity index (χ0) is 21.2. The van der Waals surface area contributed by atoms with Crippen molar-refractivity contribution in [3.63, 3.8) is 0 Å². The maximum Gasteiger partial charge on any atom is 0.230 e. The van der Waals surface area contributed by atoms with E-state index in [1.165, 1.54) is 0 Å². The van der Waals surface area contributed by atoms with Crippen LogP contribution >= 0.6 is 0 Å². The van der Waals surface area contributed by atoms with E-state index in [0.29, 0.717) is 25.6 Å². The van der Waals surface area contributed by atoms with Crippen LogP contribution in [0.15, 0.2) is 18.2 Å². The second kappa shape index (κ2) is 6.94. The largest absolute Gasteiger partial charge is 0.360 e. The summed E-state index contributed by atoms with van der Waals surface area (Å²) in [4.78, 5) is 30.6. The summed E-state index contributed by atoms with van der Waals surface area (Å²) in [5.74, 6) is -0.108. The Labute approximate surface area is 178 Å². The molecule has 30 heavy (non-hydrogen) atoms. The number of aromatic nitrogens is 2. The molecule has 0 aromatic carbocycles. The van der Waals surface area contributed by atoms with Crippen LogP contribution < -0.4 is 0 Å². The Balaban J connectivity index is 1.30. The first kappa shape index (κ1) is 19.8. The minimum absolute atomic E-state index is 0.0618. The molecular weight excluding hydrogens is 380 g/mol. The first-order valence-electron chi connectivity index (χ1n) is 11.3. The molecule has 1 aromatic rings. The molecule has 5 heterocycles. The topological polar surface area (TPSA) is 67.7 Å². The van der Waals surface area contributed by atoms with Gasteiger partial charge >= 0.3 is 0 Å². The Hall–Kier alpha value is -2.15. The quantitative estimate of drug-likeness (QED) is 0.671. The van der Waals surface area contributed by atoms with Crippen LogP contribution in [0.3, 0.4) is 0 Å². The summed E-state index contributed by atoms with van der Waals surface area (Å²) < 4.78 is 8.30. The molecule has 7 nitrogen and oxygen atoms in total. The summed E-state index contributed by atoms with van der Waals surface area (Å²) in [6, 6.07) is 2.28. The van der Waals surface area contributed by atoms with Gasteiger partial charge in [0, 0.05) is 25.3 Å². The number of aryl methyl sites for hydroxylation is 2. The Morgan fingerprint density at radius 2 is 2.03 bits per heavy atom. The lowest BCUT2D eigenvalue weighted by Crippen LogP contribution is -2.56. The van der Waals surface area contributed by atoms with E-state index in [4.69, 9.17) is 4.74 Å². The van der Waals surface area contributed by atoms with E-state index in [2.05, 4.69) is 31.9 Å². The van der Waals surface area contributed by atoms with Gasteiger partial charge in [0.1, 0.15) is 5.60 Å². The number of amides is 2. The second-order valence-electron chi connectivity index (χ2n) is 9.57. The molecule has 0 aliphatic carbocycles. The predicted molar refractivity (Wildman–Crippen MR) is 112 cm³/mol. The molecule has 1 aromatic heterocycles. The van der Waals surface area contributed by atoms with Gasteiger partial charge in [-0.2, -0.15) is 5.10 Å². The van der Waals surface area contributed by atoms with Crippen LogP contribution in [0.2, 0.25) is 0 Å². The number of hydrogen-bond donors (Lipinski definition) is 0. The lowest BCUT2D eigenvalue weighted by atomic mass is 9.76. The van der Waals surface area contributed by atoms with E-state index in [9.17, 15) is 9.59 Å². The van der Waals surface area contributed by atoms with Crippen LogP contribution in [-0.2, 0) is 14.3 Å². The number of ether oxygens (including phenoxy) is 1. The molecular formula is C23H32N4O3. The summed E-state index contributed by atoms with van der Waals surface area (Å²) in [7, 11) is 0. The van der Waals surface area contributed by atoms with Gasteiger partial charge in [-0.05, 0) is 25.8 Å². The molecule has 0 saturated carbocycles. The number of carbonyl (C=O) groups excluding carboxylic acids is 2. The highest BCUT2D eigenvalue weighted by Crippen LogP contribution is 2.52. The van der Waals surface area contributed by atoms with Crippen molar-refractivity contribution in [3.05, 3.63) is 29.6 Å². The van der Waals surface area contributed by atoms with E-state index >= 15 is 0 Å². The van der Waals surface area contributed by atoms with Crippen molar-refractivity contribution in [2.45, 2.75) is 58.3 Å². The van der Waals surface area contributed by atoms with Crippen molar-refractivity contribution in [1.82, 2.24) is 19.6 Å². The first-order chi connectivity index (χ1) is 14.4. The molecule has 4 aliphatic rings. The van der Waals surface area contributed by atoms with Gasteiger partial charge in [-0.25, -0.2) is 0 Å². The minimum atomic E-state index is -0.603. The van der Waals surface area contributed by atoms with Gasteiger partial charge < -0.3 is 14.5 Å². The Bertz CT molecular complexity index is 898. The molecule has 3 fully saturated rings. The predicted octanol–water partition coefficient (Wildman–Crippen LogP) is 2.10. The lowest BCUT2D eigenvalue weighted by molar-refractivity contribution is -0.148. The summed E-state index contributed by atoms with van der Waals surface area (Å²) in [5, 5.41) is 4.56. The van der Waals surface area contributed by atoms with Gasteiger partial charge in [0.25, 0.3) is 0 Å². The third-order valence-corrected chi connectivity index (χ3v) is 7.66. The molecule has 4 atom stereocenters. The van der Waals surface area contributed by atoms with E-state index in [-0.39, 0.29) is 29.9 Å². The SMILES string of the molecule is CCC(CC)CN1C[C@@]23C=C[C@@H](O2)C(C(=O)N2CC(n4nc(C)cc4C)C2)C3C1=O. The average molecular weight is 413 g/mol. The highest BCUT2D eigenvalue weighted by atomic mass is 16.5. The molecule has 1 spiro atoms. The van der Waals surface area contributed by atoms with Crippen LogP contribution in [0.25, 0.3) is 0 Å². The van der Waals surface area contributed by atoms with Gasteiger partial charge in [0.05, 0.1) is 36.2 Å². The smallest absolute Gasteiger partial charge is 0.230 e. The fraction of sp³-hybridized carbons (Fsp3) is 0.696. The maximum absolute atomic E-state index is 13.4. The molecule has 3 saturated heterocycles. The van der Waals surface area contributed by atoms with Gasteiger partial charge in [0.2, 0.25) is 11.8 Å². The summed E-state index contributed by atoms with van der Waals surface area (Å²) in [6.45, 7) is 11.0. The van der Waals surface area contributed by atoms with E-state index in [0.717, 1.165) is 30.8 Å². The number of nitrogens with zero attached hydrogens (tertiary/aromatic N) is 4. The fourth-order valence-electron chi connectivity index (χ4n) is 5.89. The molecule has 4 aliphatic heterocycles. The molecule has 162 valence electrons. The summed E-state index contributed by atoms with van der Waals surface area (Å²) in [5.41, 5.74) is 1.52. The number of rotatable bonds is 6. The third kappa shape index (κ3) is 2.77. The summed E-state index contributed by atoms with van der Waals surface area (Å²) >= 11 is 0. The van der Waals surface area contributed by atoms with Gasteiger partial charge in [-0.15, -0.1) is 0 Å². The first-order valence-corrected chi connectivity index (χ1v) is 11.3. The number of likely N-dealkylation sites (tertiary alicyclic amines) is 2. The van der Waals surface area contributed by atoms with E-state index in [1.54, 1.807) is 0 Å². The van der Waals surface area contributed by atoms with Crippen LogP contribution in [0.1, 0.15) is 44.1 Å². The van der Waals surface area contributed by atoms with Gasteiger partial charge in [-0.3, -0.25) is 14.3 Å². The molecule has 2 unspecified atom stereocenters. The van der Waals surface area contributed by atoms with Crippen molar-refractivity contribution < 1.29 is 14.3 Å². The Kier molecular flexibility index (Phi) is 4.58. The van der Waals surface area contributed by atoms with Crippen molar-refractivity contribution >= 4 is 11.8 Å². The normalized spacial score (nSPS) is 32.4. The zero-order valence-electron chi connectivity index (χ0n) is 18.4. The summed E-state index contributed by atoms with van der Waals surface area (Å²) in [6.07, 6.45) is 5.90. The van der Waals surface area contributed by atoms with Gasteiger partial charge in [0.15, 0.2) is 0 Å². The molecule has 0 radical (unpaired) electrons. The molecule has 7 heteroatoms.